The van der Waals surface area contributed by atoms with Gasteiger partial charge in [0.15, 0.2) is 11.6 Å². The molecule has 8 heteroatoms. The van der Waals surface area contributed by atoms with Gasteiger partial charge in [-0.3, -0.25) is 4.72 Å². The number of anilines is 1. The summed E-state index contributed by atoms with van der Waals surface area (Å²) in [5, 5.41) is 0. The van der Waals surface area contributed by atoms with Gasteiger partial charge in [-0.2, -0.15) is 8.78 Å². The molecular formula is C9H10F3NO3S. The SMILES string of the molecule is CCS(=O)(=O)Nc1ccc(OC(F)F)c(F)c1. The van der Waals surface area contributed by atoms with Crippen LogP contribution in [0.25, 0.3) is 0 Å². The first-order chi connectivity index (χ1) is 7.84. The molecule has 0 fully saturated rings. The van der Waals surface area contributed by atoms with Gasteiger partial charge in [-0.1, -0.05) is 0 Å². The molecule has 1 aromatic rings. The highest BCUT2D eigenvalue weighted by molar-refractivity contribution is 7.92. The molecule has 0 heterocycles. The number of rotatable bonds is 5. The first-order valence-corrected chi connectivity index (χ1v) is 6.24. The largest absolute Gasteiger partial charge is 0.432 e. The van der Waals surface area contributed by atoms with Crippen molar-refractivity contribution in [3.63, 3.8) is 0 Å². The van der Waals surface area contributed by atoms with Crippen molar-refractivity contribution < 1.29 is 26.3 Å². The lowest BCUT2D eigenvalue weighted by Crippen LogP contribution is -2.14. The molecule has 0 spiro atoms. The molecular weight excluding hydrogens is 259 g/mol. The molecule has 1 N–H and O–H groups in total. The molecule has 0 saturated heterocycles. The maximum atomic E-state index is 13.2. The van der Waals surface area contributed by atoms with Gasteiger partial charge in [-0.05, 0) is 19.1 Å². The van der Waals surface area contributed by atoms with Crippen LogP contribution in [0.15, 0.2) is 18.2 Å². The summed E-state index contributed by atoms with van der Waals surface area (Å²) in [6.45, 7) is -1.73. The van der Waals surface area contributed by atoms with Crippen molar-refractivity contribution in [3.05, 3.63) is 24.0 Å². The van der Waals surface area contributed by atoms with Crippen molar-refractivity contribution in [2.45, 2.75) is 13.5 Å². The van der Waals surface area contributed by atoms with Crippen molar-refractivity contribution in [1.82, 2.24) is 0 Å². The molecule has 1 rings (SSSR count). The zero-order valence-electron chi connectivity index (χ0n) is 8.78. The van der Waals surface area contributed by atoms with Crippen molar-refractivity contribution in [1.29, 1.82) is 0 Å². The van der Waals surface area contributed by atoms with E-state index in [2.05, 4.69) is 9.46 Å². The van der Waals surface area contributed by atoms with E-state index >= 15 is 0 Å². The Bertz CT molecular complexity index is 490. The smallest absolute Gasteiger partial charge is 0.387 e. The summed E-state index contributed by atoms with van der Waals surface area (Å²) in [4.78, 5) is 0. The lowest BCUT2D eigenvalue weighted by Gasteiger charge is -2.09. The van der Waals surface area contributed by atoms with Crippen LogP contribution < -0.4 is 9.46 Å². The summed E-state index contributed by atoms with van der Waals surface area (Å²) < 4.78 is 65.1. The third-order valence-electron chi connectivity index (χ3n) is 1.80. The van der Waals surface area contributed by atoms with E-state index in [-0.39, 0.29) is 11.4 Å². The van der Waals surface area contributed by atoms with Crippen LogP contribution >= 0.6 is 0 Å². The van der Waals surface area contributed by atoms with Crippen LogP contribution in [-0.2, 0) is 10.0 Å². The highest BCUT2D eigenvalue weighted by Gasteiger charge is 2.12. The van der Waals surface area contributed by atoms with E-state index in [0.717, 1.165) is 18.2 Å². The van der Waals surface area contributed by atoms with Crippen molar-refractivity contribution in [2.24, 2.45) is 0 Å². The summed E-state index contributed by atoms with van der Waals surface area (Å²) in [6.07, 6.45) is 0. The maximum Gasteiger partial charge on any atom is 0.387 e. The predicted octanol–water partition coefficient (Wildman–Crippen LogP) is 2.19. The van der Waals surface area contributed by atoms with Gasteiger partial charge >= 0.3 is 6.61 Å². The van der Waals surface area contributed by atoms with Gasteiger partial charge in [0.05, 0.1) is 11.4 Å². The number of sulfonamides is 1. The fourth-order valence-electron chi connectivity index (χ4n) is 1.01. The number of hydrogen-bond acceptors (Lipinski definition) is 3. The Balaban J connectivity index is 2.89. The van der Waals surface area contributed by atoms with E-state index in [9.17, 15) is 21.6 Å². The summed E-state index contributed by atoms with van der Waals surface area (Å²) in [6, 6.07) is 2.83. The van der Waals surface area contributed by atoms with Crippen LogP contribution in [0.3, 0.4) is 0 Å². The zero-order valence-corrected chi connectivity index (χ0v) is 9.60. The van der Waals surface area contributed by atoms with Gasteiger partial charge in [-0.15, -0.1) is 0 Å². The van der Waals surface area contributed by atoms with Gasteiger partial charge < -0.3 is 4.74 Å². The Morgan fingerprint density at radius 2 is 2.06 bits per heavy atom. The van der Waals surface area contributed by atoms with E-state index < -0.39 is 28.2 Å². The van der Waals surface area contributed by atoms with Crippen molar-refractivity contribution in [3.8, 4) is 5.75 Å². The minimum absolute atomic E-state index is 0.0500. The van der Waals surface area contributed by atoms with Gasteiger partial charge in [0.2, 0.25) is 10.0 Å². The number of alkyl halides is 2. The van der Waals surface area contributed by atoms with Crippen molar-refractivity contribution >= 4 is 15.7 Å². The molecule has 0 aliphatic heterocycles. The molecule has 0 aliphatic rings. The molecule has 0 saturated carbocycles. The quantitative estimate of drug-likeness (QED) is 0.891. The minimum Gasteiger partial charge on any atom is -0.432 e. The second kappa shape index (κ2) is 5.26. The van der Waals surface area contributed by atoms with Crippen LogP contribution in [0.1, 0.15) is 6.92 Å². The molecule has 0 aliphatic carbocycles. The topological polar surface area (TPSA) is 55.4 Å². The van der Waals surface area contributed by atoms with E-state index in [1.54, 1.807) is 0 Å². The molecule has 0 bridgehead atoms. The Morgan fingerprint density at radius 3 is 2.53 bits per heavy atom. The number of nitrogens with one attached hydrogen (secondary N) is 1. The Hall–Kier alpha value is -1.44. The molecule has 0 unspecified atom stereocenters. The number of ether oxygens (including phenoxy) is 1. The molecule has 4 nitrogen and oxygen atoms in total. The van der Waals surface area contributed by atoms with Gasteiger partial charge in [0.1, 0.15) is 0 Å². The lowest BCUT2D eigenvalue weighted by molar-refractivity contribution is -0.0521. The third-order valence-corrected chi connectivity index (χ3v) is 3.11. The lowest BCUT2D eigenvalue weighted by atomic mass is 10.3. The molecule has 1 aromatic carbocycles. The predicted molar refractivity (Wildman–Crippen MR) is 56.1 cm³/mol. The van der Waals surface area contributed by atoms with Crippen LogP contribution in [0.4, 0.5) is 18.9 Å². The van der Waals surface area contributed by atoms with Gasteiger partial charge in [-0.25, -0.2) is 12.8 Å². The summed E-state index contributed by atoms with van der Waals surface area (Å²) >= 11 is 0. The highest BCUT2D eigenvalue weighted by Crippen LogP contribution is 2.23. The van der Waals surface area contributed by atoms with Crippen LogP contribution in [0.2, 0.25) is 0 Å². The average Bonchev–Trinajstić information content (AvgIpc) is 2.21. The fourth-order valence-corrected chi connectivity index (χ4v) is 1.64. The number of benzene rings is 1. The average molecular weight is 269 g/mol. The third kappa shape index (κ3) is 4.14. The second-order valence-corrected chi connectivity index (χ2v) is 5.04. The summed E-state index contributed by atoms with van der Waals surface area (Å²) in [5.41, 5.74) is -0.0500. The van der Waals surface area contributed by atoms with E-state index in [1.165, 1.54) is 6.92 Å². The first kappa shape index (κ1) is 13.6. The fraction of sp³-hybridized carbons (Fsp3) is 0.333. The van der Waals surface area contributed by atoms with E-state index in [0.29, 0.717) is 0 Å². The molecule has 96 valence electrons. The first-order valence-electron chi connectivity index (χ1n) is 4.59. The summed E-state index contributed by atoms with van der Waals surface area (Å²) in [7, 11) is -3.53. The van der Waals surface area contributed by atoms with Crippen LogP contribution in [-0.4, -0.2) is 20.8 Å². The molecule has 0 atom stereocenters. The molecule has 0 aromatic heterocycles. The minimum atomic E-state index is -3.53. The monoisotopic (exact) mass is 269 g/mol. The van der Waals surface area contributed by atoms with Crippen LogP contribution in [0.5, 0.6) is 5.75 Å². The van der Waals surface area contributed by atoms with Crippen molar-refractivity contribution in [2.75, 3.05) is 10.5 Å². The zero-order chi connectivity index (χ0) is 13.1. The van der Waals surface area contributed by atoms with E-state index in [4.69, 9.17) is 0 Å². The number of hydrogen-bond donors (Lipinski definition) is 1. The maximum absolute atomic E-state index is 13.2. The highest BCUT2D eigenvalue weighted by atomic mass is 32.2. The Kier molecular flexibility index (Phi) is 4.22. The van der Waals surface area contributed by atoms with Crippen LogP contribution in [0, 0.1) is 5.82 Å². The standard InChI is InChI=1S/C9H10F3NO3S/c1-2-17(14,15)13-6-3-4-8(7(10)5-6)16-9(11)12/h3-5,9,13H,2H2,1H3. The molecule has 17 heavy (non-hydrogen) atoms. The Labute approximate surface area is 96.4 Å². The normalized spacial score (nSPS) is 11.6. The summed E-state index contributed by atoms with van der Waals surface area (Å²) in [5.74, 6) is -1.88. The number of halogens is 3. The van der Waals surface area contributed by atoms with Gasteiger partial charge in [0.25, 0.3) is 0 Å². The Morgan fingerprint density at radius 1 is 1.41 bits per heavy atom. The van der Waals surface area contributed by atoms with E-state index in [1.807, 2.05) is 0 Å². The second-order valence-electron chi connectivity index (χ2n) is 3.03. The molecule has 0 radical (unpaired) electrons. The van der Waals surface area contributed by atoms with Gasteiger partial charge in [0, 0.05) is 6.07 Å². The molecule has 0 amide bonds.